The Hall–Kier alpha value is -1.56. The fourth-order valence-corrected chi connectivity index (χ4v) is 2.32. The van der Waals surface area contributed by atoms with Gasteiger partial charge in [-0.3, -0.25) is 14.8 Å². The monoisotopic (exact) mass is 251 g/mol. The van der Waals surface area contributed by atoms with Gasteiger partial charge in [-0.2, -0.15) is 5.10 Å². The van der Waals surface area contributed by atoms with E-state index < -0.39 is 0 Å². The lowest BCUT2D eigenvalue weighted by Gasteiger charge is -2.42. The largest absolute Gasteiger partial charge is 0.395 e. The van der Waals surface area contributed by atoms with E-state index in [0.717, 1.165) is 5.69 Å². The van der Waals surface area contributed by atoms with E-state index in [-0.39, 0.29) is 5.91 Å². The van der Waals surface area contributed by atoms with Crippen molar-refractivity contribution in [1.29, 1.82) is 0 Å². The normalized spacial score (nSPS) is 25.4. The number of aromatic nitrogens is 2. The lowest BCUT2D eigenvalue weighted by atomic mass is 10.1. The van der Waals surface area contributed by atoms with Crippen molar-refractivity contribution in [2.24, 2.45) is 0 Å². The Kier molecular flexibility index (Phi) is 3.30. The lowest BCUT2D eigenvalue weighted by Crippen LogP contribution is -2.56. The molecule has 2 heterocycles. The fraction of sp³-hybridized carbons (Fsp3) is 0.667. The van der Waals surface area contributed by atoms with Gasteiger partial charge in [-0.1, -0.05) is 0 Å². The fourth-order valence-electron chi connectivity index (χ4n) is 2.32. The molecule has 1 fully saturated rings. The quantitative estimate of drug-likeness (QED) is 0.760. The maximum absolute atomic E-state index is 12.4. The van der Waals surface area contributed by atoms with Crippen molar-refractivity contribution in [2.75, 3.05) is 25.9 Å². The molecule has 1 saturated heterocycles. The molecule has 0 aliphatic carbocycles. The molecule has 1 aromatic rings. The highest BCUT2D eigenvalue weighted by Gasteiger charge is 2.31. The van der Waals surface area contributed by atoms with Gasteiger partial charge in [0.05, 0.1) is 11.4 Å². The summed E-state index contributed by atoms with van der Waals surface area (Å²) in [5.74, 6) is -0.0800. The van der Waals surface area contributed by atoms with Crippen LogP contribution in [-0.4, -0.2) is 58.1 Å². The molecule has 1 aliphatic heterocycles. The summed E-state index contributed by atoms with van der Waals surface area (Å²) in [6.07, 6.45) is 0. The number of aryl methyl sites for hydroxylation is 1. The molecule has 2 rings (SSSR count). The predicted molar refractivity (Wildman–Crippen MR) is 70.3 cm³/mol. The first-order valence-corrected chi connectivity index (χ1v) is 6.23. The van der Waals surface area contributed by atoms with Gasteiger partial charge >= 0.3 is 0 Å². The number of hydrogen-bond donors (Lipinski definition) is 2. The third-order valence-corrected chi connectivity index (χ3v) is 3.84. The first-order chi connectivity index (χ1) is 8.41. The molecule has 2 unspecified atom stereocenters. The first kappa shape index (κ1) is 12.9. The van der Waals surface area contributed by atoms with E-state index in [1.807, 2.05) is 11.8 Å². The maximum Gasteiger partial charge on any atom is 0.276 e. The van der Waals surface area contributed by atoms with E-state index >= 15 is 0 Å². The minimum atomic E-state index is -0.0800. The number of rotatable bonds is 1. The van der Waals surface area contributed by atoms with Gasteiger partial charge in [-0.15, -0.1) is 0 Å². The molecule has 6 heteroatoms. The molecule has 1 amide bonds. The van der Waals surface area contributed by atoms with Crippen LogP contribution in [0.2, 0.25) is 0 Å². The molecular formula is C12H21N5O. The summed E-state index contributed by atoms with van der Waals surface area (Å²) in [4.78, 5) is 16.5. The van der Waals surface area contributed by atoms with E-state index in [1.165, 1.54) is 0 Å². The van der Waals surface area contributed by atoms with Crippen LogP contribution in [0.5, 0.6) is 0 Å². The van der Waals surface area contributed by atoms with Crippen molar-refractivity contribution >= 4 is 11.6 Å². The zero-order valence-corrected chi connectivity index (χ0v) is 11.4. The van der Waals surface area contributed by atoms with Gasteiger partial charge in [0, 0.05) is 25.2 Å². The van der Waals surface area contributed by atoms with Crippen molar-refractivity contribution in [3.63, 3.8) is 0 Å². The number of nitrogens with two attached hydrogens (primary N) is 1. The van der Waals surface area contributed by atoms with Crippen LogP contribution >= 0.6 is 0 Å². The summed E-state index contributed by atoms with van der Waals surface area (Å²) < 4.78 is 0. The zero-order valence-electron chi connectivity index (χ0n) is 11.4. The van der Waals surface area contributed by atoms with E-state index in [0.29, 0.717) is 36.6 Å². The summed E-state index contributed by atoms with van der Waals surface area (Å²) in [5, 5.41) is 6.76. The SMILES string of the molecule is Cc1[nH]nc(C(=O)N2CC(C)N(C)C(C)C2)c1N. The van der Waals surface area contributed by atoms with Crippen molar-refractivity contribution < 1.29 is 4.79 Å². The van der Waals surface area contributed by atoms with Gasteiger partial charge in [-0.25, -0.2) is 0 Å². The van der Waals surface area contributed by atoms with Crippen LogP contribution in [0.3, 0.4) is 0 Å². The topological polar surface area (TPSA) is 78.2 Å². The molecule has 1 aliphatic rings. The second-order valence-electron chi connectivity index (χ2n) is 5.18. The Labute approximate surface area is 107 Å². The van der Waals surface area contributed by atoms with Crippen LogP contribution in [0.1, 0.15) is 30.0 Å². The van der Waals surface area contributed by atoms with Gasteiger partial charge < -0.3 is 10.6 Å². The van der Waals surface area contributed by atoms with Crippen LogP contribution in [0, 0.1) is 6.92 Å². The van der Waals surface area contributed by atoms with Crippen molar-refractivity contribution in [1.82, 2.24) is 20.0 Å². The zero-order chi connectivity index (χ0) is 13.4. The number of anilines is 1. The summed E-state index contributed by atoms with van der Waals surface area (Å²) in [6, 6.07) is 0.693. The Morgan fingerprint density at radius 3 is 2.39 bits per heavy atom. The number of carbonyl (C=O) groups excluding carboxylic acids is 1. The number of amides is 1. The van der Waals surface area contributed by atoms with Crippen LogP contribution in [0.15, 0.2) is 0 Å². The molecule has 3 N–H and O–H groups in total. The van der Waals surface area contributed by atoms with Crippen LogP contribution < -0.4 is 5.73 Å². The summed E-state index contributed by atoms with van der Waals surface area (Å²) in [6.45, 7) is 7.48. The average Bonchev–Trinajstić information content (AvgIpc) is 2.65. The van der Waals surface area contributed by atoms with Crippen LogP contribution in [-0.2, 0) is 0 Å². The number of hydrogen-bond acceptors (Lipinski definition) is 4. The smallest absolute Gasteiger partial charge is 0.276 e. The average molecular weight is 251 g/mol. The number of nitrogens with zero attached hydrogens (tertiary/aromatic N) is 3. The van der Waals surface area contributed by atoms with Crippen molar-refractivity contribution in [2.45, 2.75) is 32.9 Å². The minimum Gasteiger partial charge on any atom is -0.395 e. The molecule has 0 radical (unpaired) electrons. The molecule has 6 nitrogen and oxygen atoms in total. The number of carbonyl (C=O) groups is 1. The van der Waals surface area contributed by atoms with Gasteiger partial charge in [0.15, 0.2) is 5.69 Å². The number of H-pyrrole nitrogens is 1. The third-order valence-electron chi connectivity index (χ3n) is 3.84. The second kappa shape index (κ2) is 4.61. The van der Waals surface area contributed by atoms with Gasteiger partial charge in [0.2, 0.25) is 0 Å². The number of likely N-dealkylation sites (N-methyl/N-ethyl adjacent to an activating group) is 1. The Bertz CT molecular complexity index is 443. The van der Waals surface area contributed by atoms with Crippen LogP contribution in [0.25, 0.3) is 0 Å². The highest BCUT2D eigenvalue weighted by molar-refractivity contribution is 5.97. The van der Waals surface area contributed by atoms with E-state index in [9.17, 15) is 4.79 Å². The van der Waals surface area contributed by atoms with E-state index in [4.69, 9.17) is 5.73 Å². The first-order valence-electron chi connectivity index (χ1n) is 6.23. The van der Waals surface area contributed by atoms with E-state index in [1.54, 1.807) is 0 Å². The highest BCUT2D eigenvalue weighted by atomic mass is 16.2. The second-order valence-corrected chi connectivity index (χ2v) is 5.18. The van der Waals surface area contributed by atoms with Crippen LogP contribution in [0.4, 0.5) is 5.69 Å². The molecule has 100 valence electrons. The number of nitrogens with one attached hydrogen (secondary N) is 1. The molecule has 0 bridgehead atoms. The lowest BCUT2D eigenvalue weighted by molar-refractivity contribution is 0.0410. The number of aromatic amines is 1. The molecule has 0 spiro atoms. The third kappa shape index (κ3) is 2.08. The minimum absolute atomic E-state index is 0.0800. The Morgan fingerprint density at radius 1 is 1.39 bits per heavy atom. The maximum atomic E-state index is 12.4. The summed E-state index contributed by atoms with van der Waals surface area (Å²) in [7, 11) is 2.09. The Balaban J connectivity index is 2.17. The summed E-state index contributed by atoms with van der Waals surface area (Å²) in [5.41, 5.74) is 7.40. The van der Waals surface area contributed by atoms with Gasteiger partial charge in [-0.05, 0) is 27.8 Å². The van der Waals surface area contributed by atoms with Gasteiger partial charge in [0.1, 0.15) is 0 Å². The number of nitrogen functional groups attached to an aromatic ring is 1. The molecular weight excluding hydrogens is 230 g/mol. The molecule has 0 saturated carbocycles. The summed E-state index contributed by atoms with van der Waals surface area (Å²) >= 11 is 0. The predicted octanol–water partition coefficient (Wildman–Crippen LogP) is 0.465. The molecule has 0 aromatic carbocycles. The highest BCUT2D eigenvalue weighted by Crippen LogP contribution is 2.19. The Morgan fingerprint density at radius 2 is 1.94 bits per heavy atom. The standard InChI is InChI=1S/C12H21N5O/c1-7-5-17(6-8(2)16(7)4)12(18)11-10(13)9(3)14-15-11/h7-8H,5-6,13H2,1-4H3,(H,14,15). The molecule has 2 atom stereocenters. The van der Waals surface area contributed by atoms with Crippen molar-refractivity contribution in [3.8, 4) is 0 Å². The number of piperazine rings is 1. The molecule has 18 heavy (non-hydrogen) atoms. The van der Waals surface area contributed by atoms with E-state index in [2.05, 4.69) is 36.0 Å². The molecule has 1 aromatic heterocycles. The van der Waals surface area contributed by atoms with Crippen molar-refractivity contribution in [3.05, 3.63) is 11.4 Å². The van der Waals surface area contributed by atoms with Gasteiger partial charge in [0.25, 0.3) is 5.91 Å².